The van der Waals surface area contributed by atoms with Gasteiger partial charge in [0.25, 0.3) is 11.8 Å². The Kier molecular flexibility index (Phi) is 5.69. The highest BCUT2D eigenvalue weighted by Gasteiger charge is 2.50. The third-order valence-electron chi connectivity index (χ3n) is 7.63. The van der Waals surface area contributed by atoms with E-state index in [0.29, 0.717) is 12.0 Å². The highest BCUT2D eigenvalue weighted by Crippen LogP contribution is 2.59. The van der Waals surface area contributed by atoms with Crippen LogP contribution in [0.3, 0.4) is 0 Å². The minimum absolute atomic E-state index is 0.0508. The Hall–Kier alpha value is -1.88. The second-order valence-electron chi connectivity index (χ2n) is 10.3. The summed E-state index contributed by atoms with van der Waals surface area (Å²) in [5, 5.41) is 6.20. The number of carbonyl (C=O) groups is 2. The van der Waals surface area contributed by atoms with Gasteiger partial charge in [0.1, 0.15) is 0 Å². The van der Waals surface area contributed by atoms with Crippen LogP contribution in [-0.2, 0) is 9.59 Å². The van der Waals surface area contributed by atoms with Gasteiger partial charge in [0.2, 0.25) is 0 Å². The Bertz CT molecular complexity index is 753. The van der Waals surface area contributed by atoms with Crippen LogP contribution in [0.2, 0.25) is 0 Å². The molecule has 4 saturated carbocycles. The van der Waals surface area contributed by atoms with Crippen LogP contribution in [0.15, 0.2) is 18.2 Å². The van der Waals surface area contributed by atoms with Crippen LogP contribution in [0.25, 0.3) is 0 Å². The third-order valence-corrected chi connectivity index (χ3v) is 7.63. The number of aryl methyl sites for hydroxylation is 1. The van der Waals surface area contributed by atoms with Crippen molar-refractivity contribution >= 4 is 17.5 Å². The Labute approximate surface area is 174 Å². The fourth-order valence-electron chi connectivity index (χ4n) is 6.55. The molecule has 0 heterocycles. The molecule has 29 heavy (non-hydrogen) atoms. The Morgan fingerprint density at radius 1 is 1.00 bits per heavy atom. The first kappa shape index (κ1) is 20.4. The maximum absolute atomic E-state index is 12.5. The molecule has 4 fully saturated rings. The topological polar surface area (TPSA) is 62.6 Å². The minimum Gasteiger partial charge on any atom is -0.351 e. The largest absolute Gasteiger partial charge is 0.351 e. The molecule has 2 amide bonds. The second kappa shape index (κ2) is 8.10. The maximum atomic E-state index is 12.5. The lowest BCUT2D eigenvalue weighted by Gasteiger charge is -2.56. The molecule has 158 valence electrons. The molecular weight excluding hydrogens is 362 g/mol. The van der Waals surface area contributed by atoms with Crippen molar-refractivity contribution in [3.63, 3.8) is 0 Å². The Balaban J connectivity index is 1.22. The molecule has 0 aromatic heterocycles. The molecule has 1 unspecified atom stereocenters. The van der Waals surface area contributed by atoms with Gasteiger partial charge in [0.15, 0.2) is 13.1 Å². The summed E-state index contributed by atoms with van der Waals surface area (Å²) < 4.78 is 0. The molecule has 0 saturated heterocycles. The molecule has 5 heteroatoms. The molecular formula is C24H36N3O2+. The highest BCUT2D eigenvalue weighted by atomic mass is 16.2. The predicted octanol–water partition coefficient (Wildman–Crippen LogP) is 2.09. The quantitative estimate of drug-likeness (QED) is 0.659. The zero-order valence-corrected chi connectivity index (χ0v) is 18.1. The van der Waals surface area contributed by atoms with Gasteiger partial charge in [-0.05, 0) is 92.7 Å². The first-order chi connectivity index (χ1) is 13.8. The summed E-state index contributed by atoms with van der Waals surface area (Å²) in [6.07, 6.45) is 8.20. The monoisotopic (exact) mass is 398 g/mol. The van der Waals surface area contributed by atoms with E-state index in [2.05, 4.69) is 10.6 Å². The molecule has 4 bridgehead atoms. The van der Waals surface area contributed by atoms with Crippen LogP contribution >= 0.6 is 0 Å². The number of carbonyl (C=O) groups excluding carboxylic acids is 2. The molecule has 4 aliphatic carbocycles. The summed E-state index contributed by atoms with van der Waals surface area (Å²) >= 11 is 0. The Morgan fingerprint density at radius 3 is 2.21 bits per heavy atom. The van der Waals surface area contributed by atoms with Gasteiger partial charge >= 0.3 is 0 Å². The fourth-order valence-corrected chi connectivity index (χ4v) is 6.55. The summed E-state index contributed by atoms with van der Waals surface area (Å²) in [7, 11) is 1.91. The third kappa shape index (κ3) is 4.66. The molecule has 3 N–H and O–H groups in total. The number of benzene rings is 1. The maximum Gasteiger partial charge on any atom is 0.279 e. The number of quaternary nitrogens is 1. The summed E-state index contributed by atoms with van der Waals surface area (Å²) in [4.78, 5) is 25.8. The van der Waals surface area contributed by atoms with Crippen LogP contribution < -0.4 is 15.5 Å². The molecule has 0 aliphatic heterocycles. The zero-order valence-electron chi connectivity index (χ0n) is 18.1. The lowest BCUT2D eigenvalue weighted by Crippen LogP contribution is -3.11. The van der Waals surface area contributed by atoms with E-state index in [9.17, 15) is 9.59 Å². The number of amides is 2. The van der Waals surface area contributed by atoms with E-state index >= 15 is 0 Å². The van der Waals surface area contributed by atoms with Gasteiger partial charge in [-0.2, -0.15) is 0 Å². The van der Waals surface area contributed by atoms with Crippen molar-refractivity contribution in [3.05, 3.63) is 29.3 Å². The summed E-state index contributed by atoms with van der Waals surface area (Å²) in [5.74, 6) is 2.73. The van der Waals surface area contributed by atoms with E-state index in [4.69, 9.17) is 0 Å². The van der Waals surface area contributed by atoms with Crippen molar-refractivity contribution < 1.29 is 14.5 Å². The Morgan fingerprint density at radius 2 is 1.59 bits per heavy atom. The van der Waals surface area contributed by atoms with Crippen LogP contribution in [0.4, 0.5) is 5.69 Å². The van der Waals surface area contributed by atoms with Crippen LogP contribution in [0.5, 0.6) is 0 Å². The van der Waals surface area contributed by atoms with Gasteiger partial charge in [-0.1, -0.05) is 12.1 Å². The summed E-state index contributed by atoms with van der Waals surface area (Å²) in [6.45, 7) is 5.51. The lowest BCUT2D eigenvalue weighted by atomic mass is 9.49. The molecule has 1 aromatic rings. The predicted molar refractivity (Wildman–Crippen MR) is 115 cm³/mol. The van der Waals surface area contributed by atoms with Crippen LogP contribution in [0, 0.1) is 37.0 Å². The summed E-state index contributed by atoms with van der Waals surface area (Å²) in [6, 6.07) is 5.91. The number of rotatable bonds is 7. The van der Waals surface area contributed by atoms with Crippen molar-refractivity contribution in [2.24, 2.45) is 23.2 Å². The first-order valence-corrected chi connectivity index (χ1v) is 11.3. The number of likely N-dealkylation sites (N-methyl/N-ethyl adjacent to an activating group) is 1. The van der Waals surface area contributed by atoms with Crippen molar-refractivity contribution in [1.29, 1.82) is 0 Å². The van der Waals surface area contributed by atoms with E-state index in [1.165, 1.54) is 38.5 Å². The van der Waals surface area contributed by atoms with Crippen molar-refractivity contribution in [2.75, 3.05) is 32.0 Å². The van der Waals surface area contributed by atoms with Gasteiger partial charge in [0.05, 0.1) is 7.05 Å². The van der Waals surface area contributed by atoms with Crippen molar-refractivity contribution in [3.8, 4) is 0 Å². The standard InChI is InChI=1S/C24H35N3O2/c1-16-5-4-6-21(17(16)2)26-23(29)14-27(3)13-22(28)25-15-24-10-18-7-19(11-24)9-20(8-18)12-24/h4-6,18-20H,7-15H2,1-3H3,(H,25,28)(H,26,29)/p+1. The number of anilines is 1. The van der Waals surface area contributed by atoms with Gasteiger partial charge < -0.3 is 15.5 Å². The van der Waals surface area contributed by atoms with E-state index in [1.54, 1.807) is 0 Å². The van der Waals surface area contributed by atoms with Gasteiger partial charge in [-0.3, -0.25) is 9.59 Å². The first-order valence-electron chi connectivity index (χ1n) is 11.3. The van der Waals surface area contributed by atoms with E-state index in [1.807, 2.05) is 39.1 Å². The normalized spacial score (nSPS) is 30.8. The van der Waals surface area contributed by atoms with Crippen molar-refractivity contribution in [2.45, 2.75) is 52.4 Å². The lowest BCUT2D eigenvalue weighted by molar-refractivity contribution is -0.862. The molecule has 1 atom stereocenters. The number of hydrogen-bond donors (Lipinski definition) is 3. The van der Waals surface area contributed by atoms with Gasteiger partial charge in [-0.15, -0.1) is 0 Å². The van der Waals surface area contributed by atoms with E-state index in [-0.39, 0.29) is 18.4 Å². The van der Waals surface area contributed by atoms with Gasteiger partial charge in [0, 0.05) is 12.2 Å². The van der Waals surface area contributed by atoms with Crippen molar-refractivity contribution in [1.82, 2.24) is 5.32 Å². The second-order valence-corrected chi connectivity index (χ2v) is 10.3. The average molecular weight is 399 g/mol. The smallest absolute Gasteiger partial charge is 0.279 e. The van der Waals surface area contributed by atoms with Crippen LogP contribution in [0.1, 0.15) is 49.7 Å². The van der Waals surface area contributed by atoms with Gasteiger partial charge in [-0.25, -0.2) is 0 Å². The highest BCUT2D eigenvalue weighted by molar-refractivity contribution is 5.92. The number of nitrogens with one attached hydrogen (secondary N) is 3. The molecule has 0 spiro atoms. The zero-order chi connectivity index (χ0) is 20.6. The molecule has 5 nitrogen and oxygen atoms in total. The fraction of sp³-hybridized carbons (Fsp3) is 0.667. The average Bonchev–Trinajstić information content (AvgIpc) is 2.63. The molecule has 4 aliphatic rings. The summed E-state index contributed by atoms with van der Waals surface area (Å²) in [5.41, 5.74) is 3.46. The minimum atomic E-state index is -0.0508. The molecule has 0 radical (unpaired) electrons. The van der Waals surface area contributed by atoms with Crippen LogP contribution in [-0.4, -0.2) is 38.5 Å². The van der Waals surface area contributed by atoms with E-state index < -0.39 is 0 Å². The van der Waals surface area contributed by atoms with E-state index in [0.717, 1.165) is 46.0 Å². The molecule has 1 aromatic carbocycles. The SMILES string of the molecule is Cc1cccc(NC(=O)C[NH+](C)CC(=O)NCC23CC4CC(CC(C4)C2)C3)c1C. The number of hydrogen-bond acceptors (Lipinski definition) is 2. The molecule has 5 rings (SSSR count).